The Bertz CT molecular complexity index is 406. The second-order valence-corrected chi connectivity index (χ2v) is 2.59. The van der Waals surface area contributed by atoms with Crippen molar-refractivity contribution >= 4 is 11.8 Å². The van der Waals surface area contributed by atoms with Crippen molar-refractivity contribution in [1.29, 1.82) is 0 Å². The monoisotopic (exact) mass is 160 g/mol. The number of aromatic nitrogens is 2. The fourth-order valence-electron chi connectivity index (χ4n) is 1.27. The Morgan fingerprint density at radius 3 is 3.33 bits per heavy atom. The van der Waals surface area contributed by atoms with Crippen LogP contribution >= 0.6 is 0 Å². The Labute approximate surface area is 69.7 Å². The lowest BCUT2D eigenvalue weighted by atomic mass is 10.2. The molecule has 2 heterocycles. The van der Waals surface area contributed by atoms with Crippen LogP contribution in [0.4, 0.5) is 0 Å². The number of aldehydes is 1. The highest BCUT2D eigenvalue weighted by atomic mass is 16.1. The lowest BCUT2D eigenvalue weighted by molar-refractivity contribution is -0.107. The zero-order valence-electron chi connectivity index (χ0n) is 6.47. The quantitative estimate of drug-likeness (QED) is 0.616. The van der Waals surface area contributed by atoms with Gasteiger partial charge in [-0.2, -0.15) is 0 Å². The van der Waals surface area contributed by atoms with Gasteiger partial charge in [0, 0.05) is 12.6 Å². The predicted molar refractivity (Wildman–Crippen MR) is 45.0 cm³/mol. The Balaban J connectivity index is 2.65. The van der Waals surface area contributed by atoms with Gasteiger partial charge in [-0.3, -0.25) is 0 Å². The van der Waals surface area contributed by atoms with E-state index in [-0.39, 0.29) is 0 Å². The smallest absolute Gasteiger partial charge is 0.124 e. The van der Waals surface area contributed by atoms with Crippen LogP contribution in [0.15, 0.2) is 30.9 Å². The molecule has 0 unspecified atom stereocenters. The van der Waals surface area contributed by atoms with Crippen LogP contribution in [0.25, 0.3) is 5.52 Å². The van der Waals surface area contributed by atoms with E-state index in [1.807, 2.05) is 22.7 Å². The van der Waals surface area contributed by atoms with Gasteiger partial charge in [0.25, 0.3) is 0 Å². The van der Waals surface area contributed by atoms with Gasteiger partial charge in [0.1, 0.15) is 6.29 Å². The largest absolute Gasteiger partial charge is 0.306 e. The van der Waals surface area contributed by atoms with Crippen LogP contribution in [-0.2, 0) is 11.2 Å². The van der Waals surface area contributed by atoms with Crippen LogP contribution in [0.1, 0.15) is 5.56 Å². The molecule has 0 fully saturated rings. The summed E-state index contributed by atoms with van der Waals surface area (Å²) < 4.78 is 1.90. The minimum Gasteiger partial charge on any atom is -0.306 e. The molecule has 0 aliphatic heterocycles. The molecule has 0 aliphatic rings. The molecular formula is C9H8N2O. The molecule has 0 radical (unpaired) electrons. The molecule has 0 amide bonds. The lowest BCUT2D eigenvalue weighted by Gasteiger charge is -1.97. The van der Waals surface area contributed by atoms with Gasteiger partial charge in [0.2, 0.25) is 0 Å². The summed E-state index contributed by atoms with van der Waals surface area (Å²) in [5, 5.41) is 0. The minimum atomic E-state index is 0.454. The first-order valence-corrected chi connectivity index (χ1v) is 3.75. The zero-order valence-corrected chi connectivity index (χ0v) is 6.47. The highest BCUT2D eigenvalue weighted by Crippen LogP contribution is 2.09. The van der Waals surface area contributed by atoms with Crippen LogP contribution in [0.3, 0.4) is 0 Å². The molecule has 0 saturated heterocycles. The summed E-state index contributed by atoms with van der Waals surface area (Å²) in [5.74, 6) is 0. The fourth-order valence-corrected chi connectivity index (χ4v) is 1.27. The average molecular weight is 160 g/mol. The molecule has 0 spiro atoms. The van der Waals surface area contributed by atoms with E-state index < -0.39 is 0 Å². The lowest BCUT2D eigenvalue weighted by Crippen LogP contribution is -1.90. The van der Waals surface area contributed by atoms with E-state index in [1.54, 1.807) is 12.5 Å². The number of hydrogen-bond acceptors (Lipinski definition) is 2. The summed E-state index contributed by atoms with van der Waals surface area (Å²) in [7, 11) is 0. The Kier molecular flexibility index (Phi) is 1.63. The van der Waals surface area contributed by atoms with Gasteiger partial charge in [-0.25, -0.2) is 4.98 Å². The Hall–Kier alpha value is -1.64. The fraction of sp³-hybridized carbons (Fsp3) is 0.111. The molecular weight excluding hydrogens is 152 g/mol. The van der Waals surface area contributed by atoms with Crippen LogP contribution in [0.5, 0.6) is 0 Å². The molecule has 2 aromatic rings. The normalized spacial score (nSPS) is 10.3. The second kappa shape index (κ2) is 2.77. The Morgan fingerprint density at radius 2 is 2.50 bits per heavy atom. The first kappa shape index (κ1) is 7.03. The van der Waals surface area contributed by atoms with Crippen LogP contribution in [-0.4, -0.2) is 15.7 Å². The number of imidazole rings is 1. The number of hydrogen-bond donors (Lipinski definition) is 0. The molecule has 3 nitrogen and oxygen atoms in total. The highest BCUT2D eigenvalue weighted by molar-refractivity contribution is 5.63. The van der Waals surface area contributed by atoms with Gasteiger partial charge in [-0.05, 0) is 11.6 Å². The summed E-state index contributed by atoms with van der Waals surface area (Å²) >= 11 is 0. The third kappa shape index (κ3) is 0.993. The van der Waals surface area contributed by atoms with Crippen molar-refractivity contribution in [2.45, 2.75) is 6.42 Å². The van der Waals surface area contributed by atoms with Crippen LogP contribution in [0, 0.1) is 0 Å². The van der Waals surface area contributed by atoms with Crippen LogP contribution in [0.2, 0.25) is 0 Å². The summed E-state index contributed by atoms with van der Waals surface area (Å²) in [5.41, 5.74) is 2.02. The molecule has 0 aliphatic carbocycles. The number of carbonyl (C=O) groups is 1. The molecule has 0 N–H and O–H groups in total. The maximum atomic E-state index is 10.3. The van der Waals surface area contributed by atoms with E-state index in [2.05, 4.69) is 4.98 Å². The third-order valence-corrected chi connectivity index (χ3v) is 1.84. The topological polar surface area (TPSA) is 34.4 Å². The van der Waals surface area contributed by atoms with Crippen molar-refractivity contribution < 1.29 is 4.79 Å². The van der Waals surface area contributed by atoms with Crippen molar-refractivity contribution in [2.24, 2.45) is 0 Å². The third-order valence-electron chi connectivity index (χ3n) is 1.84. The number of fused-ring (bicyclic) bond motifs is 1. The summed E-state index contributed by atoms with van der Waals surface area (Å²) in [6, 6.07) is 3.85. The standard InChI is InChI=1S/C9H8N2O/c12-5-3-8-2-1-4-11-7-10-6-9(8)11/h1-2,4-7H,3H2. The van der Waals surface area contributed by atoms with E-state index in [0.717, 1.165) is 17.4 Å². The second-order valence-electron chi connectivity index (χ2n) is 2.59. The van der Waals surface area contributed by atoms with Gasteiger partial charge in [0.05, 0.1) is 18.0 Å². The van der Waals surface area contributed by atoms with Crippen LogP contribution < -0.4 is 0 Å². The number of nitrogens with zero attached hydrogens (tertiary/aromatic N) is 2. The minimum absolute atomic E-state index is 0.454. The highest BCUT2D eigenvalue weighted by Gasteiger charge is 1.98. The van der Waals surface area contributed by atoms with Gasteiger partial charge in [0.15, 0.2) is 0 Å². The van der Waals surface area contributed by atoms with Gasteiger partial charge < -0.3 is 9.20 Å². The molecule has 0 saturated carbocycles. The first-order chi connectivity index (χ1) is 5.92. The molecule has 0 aromatic carbocycles. The van der Waals surface area contributed by atoms with E-state index in [0.29, 0.717) is 6.42 Å². The van der Waals surface area contributed by atoms with E-state index in [4.69, 9.17) is 0 Å². The van der Waals surface area contributed by atoms with Gasteiger partial charge >= 0.3 is 0 Å². The van der Waals surface area contributed by atoms with E-state index in [1.165, 1.54) is 0 Å². The molecule has 3 heteroatoms. The molecule has 2 rings (SSSR count). The van der Waals surface area contributed by atoms with Crippen molar-refractivity contribution in [3.63, 3.8) is 0 Å². The van der Waals surface area contributed by atoms with Crippen molar-refractivity contribution in [1.82, 2.24) is 9.38 Å². The van der Waals surface area contributed by atoms with E-state index in [9.17, 15) is 4.79 Å². The molecule has 2 aromatic heterocycles. The molecule has 0 atom stereocenters. The summed E-state index contributed by atoms with van der Waals surface area (Å²) in [4.78, 5) is 14.3. The molecule has 12 heavy (non-hydrogen) atoms. The van der Waals surface area contributed by atoms with Crippen molar-refractivity contribution in [3.05, 3.63) is 36.4 Å². The SMILES string of the molecule is O=CCc1cccn2cncc12. The first-order valence-electron chi connectivity index (χ1n) is 3.75. The van der Waals surface area contributed by atoms with Crippen molar-refractivity contribution in [2.75, 3.05) is 0 Å². The van der Waals surface area contributed by atoms with Gasteiger partial charge in [-0.1, -0.05) is 6.07 Å². The average Bonchev–Trinajstić information content (AvgIpc) is 2.53. The predicted octanol–water partition coefficient (Wildman–Crippen LogP) is 1.08. The number of pyridine rings is 1. The van der Waals surface area contributed by atoms with Gasteiger partial charge in [-0.15, -0.1) is 0 Å². The molecule has 0 bridgehead atoms. The van der Waals surface area contributed by atoms with E-state index >= 15 is 0 Å². The zero-order chi connectivity index (χ0) is 8.39. The summed E-state index contributed by atoms with van der Waals surface area (Å²) in [6.07, 6.45) is 6.76. The van der Waals surface area contributed by atoms with Crippen molar-refractivity contribution in [3.8, 4) is 0 Å². The molecule has 60 valence electrons. The Morgan fingerprint density at radius 1 is 1.58 bits per heavy atom. The maximum absolute atomic E-state index is 10.3. The maximum Gasteiger partial charge on any atom is 0.124 e. The number of rotatable bonds is 2. The number of carbonyl (C=O) groups excluding carboxylic acids is 1. The summed E-state index contributed by atoms with van der Waals surface area (Å²) in [6.45, 7) is 0.